The van der Waals surface area contributed by atoms with Crippen molar-refractivity contribution in [2.75, 3.05) is 11.6 Å². The van der Waals surface area contributed by atoms with Crippen LogP contribution in [0, 0.1) is 0 Å². The first-order valence-corrected chi connectivity index (χ1v) is 10.5. The molecular formula is C19H17F3N4O3S. The second-order valence-electron chi connectivity index (χ2n) is 6.25. The zero-order valence-corrected chi connectivity index (χ0v) is 16.5. The Balaban J connectivity index is 1.82. The number of anilines is 2. The number of hydrogen-bond acceptors (Lipinski definition) is 6. The number of halogens is 3. The molecule has 0 atom stereocenters. The summed E-state index contributed by atoms with van der Waals surface area (Å²) >= 11 is 0. The molecule has 1 aromatic heterocycles. The van der Waals surface area contributed by atoms with Crippen molar-refractivity contribution in [2.24, 2.45) is 0 Å². The maximum absolute atomic E-state index is 12.7. The fraction of sp³-hybridized carbons (Fsp3) is 0.158. The molecule has 0 fully saturated rings. The first kappa shape index (κ1) is 21.5. The molecule has 158 valence electrons. The average Bonchev–Trinajstić information content (AvgIpc) is 2.66. The van der Waals surface area contributed by atoms with E-state index in [1.807, 2.05) is 0 Å². The molecule has 0 unspecified atom stereocenters. The van der Waals surface area contributed by atoms with Crippen LogP contribution < -0.4 is 14.8 Å². The molecule has 0 aliphatic rings. The van der Waals surface area contributed by atoms with E-state index >= 15 is 0 Å². The number of ether oxygens (including phenoxy) is 1. The number of benzene rings is 2. The molecule has 0 bridgehead atoms. The van der Waals surface area contributed by atoms with E-state index in [9.17, 15) is 21.6 Å². The van der Waals surface area contributed by atoms with Crippen LogP contribution in [0.15, 0.2) is 60.9 Å². The predicted molar refractivity (Wildman–Crippen MR) is 106 cm³/mol. The Kier molecular flexibility index (Phi) is 6.22. The number of nitrogens with zero attached hydrogens (tertiary/aromatic N) is 2. The van der Waals surface area contributed by atoms with E-state index in [1.165, 1.54) is 30.6 Å². The molecule has 0 saturated heterocycles. The highest BCUT2D eigenvalue weighted by molar-refractivity contribution is 7.88. The van der Waals surface area contributed by atoms with E-state index in [1.54, 1.807) is 30.3 Å². The predicted octanol–water partition coefficient (Wildman–Crippen LogP) is 3.84. The molecule has 2 aromatic carbocycles. The van der Waals surface area contributed by atoms with Gasteiger partial charge in [-0.3, -0.25) is 0 Å². The molecule has 0 amide bonds. The van der Waals surface area contributed by atoms with E-state index in [2.05, 4.69) is 24.7 Å². The van der Waals surface area contributed by atoms with E-state index in [-0.39, 0.29) is 23.6 Å². The van der Waals surface area contributed by atoms with E-state index in [0.717, 1.165) is 6.26 Å². The number of aromatic nitrogens is 2. The lowest BCUT2D eigenvalue weighted by molar-refractivity contribution is -0.274. The number of para-hydroxylation sites is 1. The number of alkyl halides is 3. The summed E-state index contributed by atoms with van der Waals surface area (Å²) in [4.78, 5) is 8.12. The van der Waals surface area contributed by atoms with Gasteiger partial charge in [-0.2, -0.15) is 0 Å². The molecule has 0 aliphatic carbocycles. The number of nitrogens with one attached hydrogen (secondary N) is 2. The van der Waals surface area contributed by atoms with Gasteiger partial charge >= 0.3 is 6.36 Å². The molecule has 0 spiro atoms. The average molecular weight is 438 g/mol. The van der Waals surface area contributed by atoms with Crippen molar-refractivity contribution in [3.63, 3.8) is 0 Å². The third-order valence-electron chi connectivity index (χ3n) is 3.79. The van der Waals surface area contributed by atoms with Crippen LogP contribution in [0.5, 0.6) is 5.75 Å². The Labute approximate surface area is 171 Å². The van der Waals surface area contributed by atoms with Crippen LogP contribution >= 0.6 is 0 Å². The zero-order chi connectivity index (χ0) is 21.8. The van der Waals surface area contributed by atoms with Gasteiger partial charge in [-0.15, -0.1) is 13.2 Å². The van der Waals surface area contributed by atoms with Gasteiger partial charge in [0, 0.05) is 23.9 Å². The number of sulfonamides is 1. The molecule has 3 aromatic rings. The summed E-state index contributed by atoms with van der Waals surface area (Å²) in [5.74, 6) is -0.0291. The standard InChI is InChI=1S/C19H17F3N4O3S/c1-30(27,28)25-11-13-5-4-6-14(9-13)26-18-10-16(23-12-24-18)15-7-2-3-8-17(15)29-19(20,21)22/h2-10,12,25H,11H2,1H3,(H,23,24,26). The summed E-state index contributed by atoms with van der Waals surface area (Å²) in [6, 6.07) is 14.1. The van der Waals surface area contributed by atoms with Crippen LogP contribution in [0.2, 0.25) is 0 Å². The summed E-state index contributed by atoms with van der Waals surface area (Å²) in [5.41, 5.74) is 1.73. The second kappa shape index (κ2) is 8.67. The lowest BCUT2D eigenvalue weighted by Gasteiger charge is -2.13. The maximum atomic E-state index is 12.7. The molecule has 30 heavy (non-hydrogen) atoms. The van der Waals surface area contributed by atoms with Gasteiger partial charge in [0.05, 0.1) is 11.9 Å². The molecule has 0 radical (unpaired) electrons. The van der Waals surface area contributed by atoms with Gasteiger partial charge in [-0.05, 0) is 29.8 Å². The summed E-state index contributed by atoms with van der Waals surface area (Å²) in [6.07, 6.45) is -2.54. The summed E-state index contributed by atoms with van der Waals surface area (Å²) in [6.45, 7) is 0.117. The highest BCUT2D eigenvalue weighted by Crippen LogP contribution is 2.33. The Morgan fingerprint density at radius 2 is 1.80 bits per heavy atom. The summed E-state index contributed by atoms with van der Waals surface area (Å²) in [7, 11) is -3.33. The Hall–Kier alpha value is -3.18. The quantitative estimate of drug-likeness (QED) is 0.582. The molecule has 7 nitrogen and oxygen atoms in total. The van der Waals surface area contributed by atoms with E-state index in [0.29, 0.717) is 17.1 Å². The monoisotopic (exact) mass is 438 g/mol. The van der Waals surface area contributed by atoms with Crippen molar-refractivity contribution < 1.29 is 26.3 Å². The molecule has 1 heterocycles. The Morgan fingerprint density at radius 3 is 2.53 bits per heavy atom. The molecular weight excluding hydrogens is 421 g/mol. The molecule has 2 N–H and O–H groups in total. The van der Waals surface area contributed by atoms with Gasteiger partial charge in [-0.1, -0.05) is 24.3 Å². The number of hydrogen-bond donors (Lipinski definition) is 2. The lowest BCUT2D eigenvalue weighted by Crippen LogP contribution is -2.21. The smallest absolute Gasteiger partial charge is 0.405 e. The minimum Gasteiger partial charge on any atom is -0.405 e. The van der Waals surface area contributed by atoms with Crippen molar-refractivity contribution in [1.29, 1.82) is 0 Å². The zero-order valence-electron chi connectivity index (χ0n) is 15.6. The summed E-state index contributed by atoms with van der Waals surface area (Å²) < 4.78 is 67.0. The lowest BCUT2D eigenvalue weighted by atomic mass is 10.1. The third kappa shape index (κ3) is 6.42. The molecule has 11 heteroatoms. The van der Waals surface area contributed by atoms with Gasteiger partial charge in [0.1, 0.15) is 17.9 Å². The van der Waals surface area contributed by atoms with Crippen LogP contribution in [0.1, 0.15) is 5.56 Å². The maximum Gasteiger partial charge on any atom is 0.573 e. The van der Waals surface area contributed by atoms with Crippen LogP contribution in [0.25, 0.3) is 11.3 Å². The van der Waals surface area contributed by atoms with Crippen molar-refractivity contribution in [3.8, 4) is 17.0 Å². The molecule has 0 aliphatic heterocycles. The molecule has 3 rings (SSSR count). The Bertz CT molecular complexity index is 1140. The van der Waals surface area contributed by atoms with Crippen molar-refractivity contribution in [1.82, 2.24) is 14.7 Å². The van der Waals surface area contributed by atoms with Gasteiger partial charge in [0.15, 0.2) is 0 Å². The van der Waals surface area contributed by atoms with E-state index < -0.39 is 16.4 Å². The summed E-state index contributed by atoms with van der Waals surface area (Å²) in [5, 5.41) is 3.03. The third-order valence-corrected chi connectivity index (χ3v) is 4.46. The highest BCUT2D eigenvalue weighted by Gasteiger charge is 2.32. The SMILES string of the molecule is CS(=O)(=O)NCc1cccc(Nc2cc(-c3ccccc3OC(F)(F)F)ncn2)c1. The minimum atomic E-state index is -4.83. The normalized spacial score (nSPS) is 11.9. The van der Waals surface area contributed by atoms with Crippen LogP contribution in [0.4, 0.5) is 24.7 Å². The first-order valence-electron chi connectivity index (χ1n) is 8.57. The van der Waals surface area contributed by atoms with Gasteiger partial charge in [0.2, 0.25) is 10.0 Å². The topological polar surface area (TPSA) is 93.2 Å². The Morgan fingerprint density at radius 1 is 1.03 bits per heavy atom. The largest absolute Gasteiger partial charge is 0.573 e. The highest BCUT2D eigenvalue weighted by atomic mass is 32.2. The fourth-order valence-corrected chi connectivity index (χ4v) is 3.02. The number of rotatable bonds is 7. The van der Waals surface area contributed by atoms with Crippen molar-refractivity contribution in [3.05, 3.63) is 66.5 Å². The van der Waals surface area contributed by atoms with Crippen molar-refractivity contribution >= 4 is 21.5 Å². The van der Waals surface area contributed by atoms with Gasteiger partial charge in [-0.25, -0.2) is 23.1 Å². The van der Waals surface area contributed by atoms with Gasteiger partial charge in [0.25, 0.3) is 0 Å². The van der Waals surface area contributed by atoms with Crippen LogP contribution in [-0.2, 0) is 16.6 Å². The first-order chi connectivity index (χ1) is 14.1. The van der Waals surface area contributed by atoms with E-state index in [4.69, 9.17) is 0 Å². The van der Waals surface area contributed by atoms with Gasteiger partial charge < -0.3 is 10.1 Å². The second-order valence-corrected chi connectivity index (χ2v) is 8.08. The molecule has 0 saturated carbocycles. The van der Waals surface area contributed by atoms with Crippen LogP contribution in [0.3, 0.4) is 0 Å². The van der Waals surface area contributed by atoms with Crippen LogP contribution in [-0.4, -0.2) is 31.0 Å². The minimum absolute atomic E-state index is 0.117. The fourth-order valence-electron chi connectivity index (χ4n) is 2.59. The van der Waals surface area contributed by atoms with Crippen molar-refractivity contribution in [2.45, 2.75) is 12.9 Å².